The second-order valence-corrected chi connectivity index (χ2v) is 5.45. The highest BCUT2D eigenvalue weighted by Crippen LogP contribution is 2.33. The Balaban J connectivity index is 2.10. The molecule has 0 saturated carbocycles. The number of hydrogen-bond donors (Lipinski definition) is 1. The van der Waals surface area contributed by atoms with Crippen LogP contribution in [0.15, 0.2) is 72.8 Å². The molecule has 0 bridgehead atoms. The number of phenols is 1. The first-order chi connectivity index (χ1) is 11.2. The number of phenolic OH excluding ortho intramolecular Hbond substituents is 1. The normalized spacial score (nSPS) is 10.5. The Labute approximate surface area is 135 Å². The van der Waals surface area contributed by atoms with Gasteiger partial charge in [-0.1, -0.05) is 48.5 Å². The van der Waals surface area contributed by atoms with Crippen molar-refractivity contribution in [2.45, 2.75) is 13.5 Å². The number of benzene rings is 3. The fraction of sp³-hybridized carbons (Fsp3) is 0.100. The maximum Gasteiger partial charge on any atom is 0.146 e. The van der Waals surface area contributed by atoms with Crippen LogP contribution >= 0.6 is 0 Å². The third-order valence-electron chi connectivity index (χ3n) is 3.87. The molecular weight excluding hydrogens is 289 g/mol. The zero-order valence-electron chi connectivity index (χ0n) is 12.9. The van der Waals surface area contributed by atoms with E-state index >= 15 is 0 Å². The molecule has 0 radical (unpaired) electrons. The molecule has 0 aliphatic carbocycles. The first-order valence-corrected chi connectivity index (χ1v) is 7.51. The minimum Gasteiger partial charge on any atom is -0.508 e. The van der Waals surface area contributed by atoms with E-state index in [1.54, 1.807) is 24.3 Å². The standard InChI is InChI=1S/C20H18FNO/c1-15-8-2-5-11-18(15)22(19-12-6-4-10-17(19)21)14-16-9-3-7-13-20(16)23/h2-13,23H,14H2,1H3. The molecule has 0 atom stereocenters. The number of aromatic hydroxyl groups is 1. The Bertz CT molecular complexity index is 770. The van der Waals surface area contributed by atoms with E-state index in [0.717, 1.165) is 16.8 Å². The number of halogens is 1. The minimum atomic E-state index is -0.286. The van der Waals surface area contributed by atoms with Gasteiger partial charge < -0.3 is 10.0 Å². The number of rotatable bonds is 4. The molecule has 0 aliphatic rings. The number of aryl methyl sites for hydroxylation is 1. The van der Waals surface area contributed by atoms with Crippen LogP contribution in [0.4, 0.5) is 15.8 Å². The van der Waals surface area contributed by atoms with Gasteiger partial charge in [0.05, 0.1) is 12.2 Å². The van der Waals surface area contributed by atoms with E-state index in [2.05, 4.69) is 0 Å². The third-order valence-corrected chi connectivity index (χ3v) is 3.87. The lowest BCUT2D eigenvalue weighted by Gasteiger charge is -2.27. The summed E-state index contributed by atoms with van der Waals surface area (Å²) in [6.45, 7) is 2.38. The summed E-state index contributed by atoms with van der Waals surface area (Å²) in [4.78, 5) is 1.89. The molecule has 116 valence electrons. The van der Waals surface area contributed by atoms with Crippen molar-refractivity contribution in [3.05, 3.63) is 89.7 Å². The van der Waals surface area contributed by atoms with E-state index in [9.17, 15) is 9.50 Å². The number of anilines is 2. The summed E-state index contributed by atoms with van der Waals surface area (Å²) in [5.74, 6) is -0.0754. The Kier molecular flexibility index (Phi) is 4.29. The molecular formula is C20H18FNO. The Morgan fingerprint density at radius 1 is 0.826 bits per heavy atom. The van der Waals surface area contributed by atoms with E-state index in [1.807, 2.05) is 54.3 Å². The van der Waals surface area contributed by atoms with Crippen LogP contribution in [0.1, 0.15) is 11.1 Å². The predicted octanol–water partition coefficient (Wildman–Crippen LogP) is 5.18. The Morgan fingerprint density at radius 3 is 2.13 bits per heavy atom. The monoisotopic (exact) mass is 307 g/mol. The van der Waals surface area contributed by atoms with Gasteiger partial charge >= 0.3 is 0 Å². The van der Waals surface area contributed by atoms with E-state index in [-0.39, 0.29) is 11.6 Å². The van der Waals surface area contributed by atoms with E-state index in [0.29, 0.717) is 12.2 Å². The largest absolute Gasteiger partial charge is 0.508 e. The van der Waals surface area contributed by atoms with Crippen molar-refractivity contribution in [1.29, 1.82) is 0 Å². The van der Waals surface area contributed by atoms with Crippen LogP contribution in [0.3, 0.4) is 0 Å². The fourth-order valence-corrected chi connectivity index (χ4v) is 2.65. The summed E-state index contributed by atoms with van der Waals surface area (Å²) < 4.78 is 14.4. The zero-order valence-corrected chi connectivity index (χ0v) is 12.9. The molecule has 0 aromatic heterocycles. The van der Waals surface area contributed by atoms with Crippen LogP contribution < -0.4 is 4.90 Å². The van der Waals surface area contributed by atoms with Gasteiger partial charge in [-0.15, -0.1) is 0 Å². The van der Waals surface area contributed by atoms with Crippen LogP contribution in [0, 0.1) is 12.7 Å². The van der Waals surface area contributed by atoms with Crippen molar-refractivity contribution in [1.82, 2.24) is 0 Å². The van der Waals surface area contributed by atoms with Crippen molar-refractivity contribution in [2.24, 2.45) is 0 Å². The maximum atomic E-state index is 14.4. The van der Waals surface area contributed by atoms with Crippen molar-refractivity contribution in [2.75, 3.05) is 4.90 Å². The van der Waals surface area contributed by atoms with Gasteiger partial charge in [-0.2, -0.15) is 0 Å². The minimum absolute atomic E-state index is 0.211. The molecule has 0 unspecified atom stereocenters. The summed E-state index contributed by atoms with van der Waals surface area (Å²) >= 11 is 0. The van der Waals surface area contributed by atoms with Crippen molar-refractivity contribution in [3.8, 4) is 5.75 Å². The maximum absolute atomic E-state index is 14.4. The van der Waals surface area contributed by atoms with Crippen LogP contribution in [0.25, 0.3) is 0 Å². The van der Waals surface area contributed by atoms with Gasteiger partial charge in [0.15, 0.2) is 0 Å². The predicted molar refractivity (Wildman–Crippen MR) is 91.5 cm³/mol. The molecule has 0 saturated heterocycles. The van der Waals surface area contributed by atoms with E-state index in [1.165, 1.54) is 6.07 Å². The highest BCUT2D eigenvalue weighted by Gasteiger charge is 2.16. The van der Waals surface area contributed by atoms with Crippen molar-refractivity contribution < 1.29 is 9.50 Å². The number of hydrogen-bond acceptors (Lipinski definition) is 2. The first-order valence-electron chi connectivity index (χ1n) is 7.51. The molecule has 2 nitrogen and oxygen atoms in total. The third kappa shape index (κ3) is 3.19. The van der Waals surface area contributed by atoms with Gasteiger partial charge in [0.1, 0.15) is 11.6 Å². The topological polar surface area (TPSA) is 23.5 Å². The molecule has 3 aromatic carbocycles. The van der Waals surface area contributed by atoms with Gasteiger partial charge in [-0.25, -0.2) is 4.39 Å². The van der Waals surface area contributed by atoms with Crippen LogP contribution in [-0.4, -0.2) is 5.11 Å². The molecule has 1 N–H and O–H groups in total. The lowest BCUT2D eigenvalue weighted by molar-refractivity contribution is 0.468. The van der Waals surface area contributed by atoms with Crippen LogP contribution in [0.2, 0.25) is 0 Å². The van der Waals surface area contributed by atoms with Crippen LogP contribution in [-0.2, 0) is 6.54 Å². The lowest BCUT2D eigenvalue weighted by Crippen LogP contribution is -2.18. The molecule has 0 aliphatic heterocycles. The van der Waals surface area contributed by atoms with E-state index in [4.69, 9.17) is 0 Å². The Hall–Kier alpha value is -2.81. The highest BCUT2D eigenvalue weighted by atomic mass is 19.1. The number of nitrogens with zero attached hydrogens (tertiary/aromatic N) is 1. The summed E-state index contributed by atoms with van der Waals surface area (Å²) in [7, 11) is 0. The average molecular weight is 307 g/mol. The van der Waals surface area contributed by atoms with Gasteiger partial charge in [-0.3, -0.25) is 0 Å². The van der Waals surface area contributed by atoms with Crippen LogP contribution in [0.5, 0.6) is 5.75 Å². The summed E-state index contributed by atoms with van der Waals surface area (Å²) in [5.41, 5.74) is 3.20. The number of para-hydroxylation sites is 3. The SMILES string of the molecule is Cc1ccccc1N(Cc1ccccc1O)c1ccccc1F. The fourth-order valence-electron chi connectivity index (χ4n) is 2.65. The van der Waals surface area contributed by atoms with Gasteiger partial charge in [0, 0.05) is 11.3 Å². The molecule has 0 fully saturated rings. The van der Waals surface area contributed by atoms with E-state index < -0.39 is 0 Å². The quantitative estimate of drug-likeness (QED) is 0.718. The van der Waals surface area contributed by atoms with Crippen molar-refractivity contribution in [3.63, 3.8) is 0 Å². The second-order valence-electron chi connectivity index (χ2n) is 5.45. The molecule has 0 spiro atoms. The Morgan fingerprint density at radius 2 is 1.43 bits per heavy atom. The van der Waals surface area contributed by atoms with Gasteiger partial charge in [0.25, 0.3) is 0 Å². The van der Waals surface area contributed by atoms with Gasteiger partial charge in [-0.05, 0) is 36.8 Å². The molecule has 3 heteroatoms. The smallest absolute Gasteiger partial charge is 0.146 e. The highest BCUT2D eigenvalue weighted by molar-refractivity contribution is 5.67. The summed E-state index contributed by atoms with van der Waals surface area (Å²) in [6, 6.07) is 21.7. The molecule has 0 heterocycles. The lowest BCUT2D eigenvalue weighted by atomic mass is 10.1. The molecule has 0 amide bonds. The molecule has 3 aromatic rings. The second kappa shape index (κ2) is 6.53. The average Bonchev–Trinajstić information content (AvgIpc) is 2.56. The first kappa shape index (κ1) is 15.1. The molecule has 23 heavy (non-hydrogen) atoms. The van der Waals surface area contributed by atoms with Gasteiger partial charge in [0.2, 0.25) is 0 Å². The molecule has 3 rings (SSSR count). The summed E-state index contributed by atoms with van der Waals surface area (Å²) in [6.07, 6.45) is 0. The van der Waals surface area contributed by atoms with Crippen molar-refractivity contribution >= 4 is 11.4 Å². The summed E-state index contributed by atoms with van der Waals surface area (Å²) in [5, 5.41) is 10.1. The zero-order chi connectivity index (χ0) is 16.2.